The molecule has 5 rings (SSSR count). The van der Waals surface area contributed by atoms with E-state index in [9.17, 15) is 4.79 Å². The lowest BCUT2D eigenvalue weighted by atomic mass is 10.0. The fraction of sp³-hybridized carbons (Fsp3) is 0.172. The molecule has 1 aromatic heterocycles. The van der Waals surface area contributed by atoms with Gasteiger partial charge in [-0.1, -0.05) is 48.5 Å². The Balaban J connectivity index is 1.47. The van der Waals surface area contributed by atoms with E-state index in [4.69, 9.17) is 26.4 Å². The zero-order valence-corrected chi connectivity index (χ0v) is 22.1. The van der Waals surface area contributed by atoms with Gasteiger partial charge in [-0.05, 0) is 18.2 Å². The number of rotatable bonds is 6. The molecule has 1 saturated heterocycles. The molecule has 1 amide bonds. The van der Waals surface area contributed by atoms with Crippen molar-refractivity contribution in [1.82, 2.24) is 9.88 Å². The first-order chi connectivity index (χ1) is 20.0. The third kappa shape index (κ3) is 6.62. The predicted molar refractivity (Wildman–Crippen MR) is 157 cm³/mol. The van der Waals surface area contributed by atoms with Crippen molar-refractivity contribution in [1.29, 1.82) is 5.41 Å². The second-order valence-electron chi connectivity index (χ2n) is 9.02. The Morgan fingerprint density at radius 1 is 1.07 bits per heavy atom. The number of ether oxygens (including phenoxy) is 2. The van der Waals surface area contributed by atoms with Crippen molar-refractivity contribution >= 4 is 41.1 Å². The summed E-state index contributed by atoms with van der Waals surface area (Å²) in [7, 11) is 0. The number of amides is 1. The number of carbonyl (C=O) groups excluding carboxylic acids is 1. The molecule has 1 fully saturated rings. The lowest BCUT2D eigenvalue weighted by Crippen LogP contribution is -2.42. The maximum atomic E-state index is 13.1. The number of hydrogen-bond donors (Lipinski definition) is 4. The molecule has 0 spiro atoms. The lowest BCUT2D eigenvalue weighted by Gasteiger charge is -2.29. The molecule has 6 N–H and O–H groups in total. The molecule has 0 bridgehead atoms. The highest BCUT2D eigenvalue weighted by Crippen LogP contribution is 2.24. The SMILES string of the molecule is N=C(C(C=Nc1cccnc1)=C(N)OC(N)=NC1N=C(c2ccccc2)c2ccccc2NC1=O)N1CCOCC1. The fourth-order valence-corrected chi connectivity index (χ4v) is 4.24. The van der Waals surface area contributed by atoms with Crippen molar-refractivity contribution in [2.75, 3.05) is 31.6 Å². The Morgan fingerprint density at radius 2 is 1.83 bits per heavy atom. The molecule has 2 aliphatic heterocycles. The number of amidine groups is 2. The number of pyridine rings is 1. The second-order valence-corrected chi connectivity index (χ2v) is 9.02. The van der Waals surface area contributed by atoms with Crippen molar-refractivity contribution < 1.29 is 14.3 Å². The highest BCUT2D eigenvalue weighted by atomic mass is 16.5. The summed E-state index contributed by atoms with van der Waals surface area (Å²) in [6.45, 7) is 1.95. The van der Waals surface area contributed by atoms with Crippen LogP contribution in [0.1, 0.15) is 11.1 Å². The number of nitrogens with zero attached hydrogens (tertiary/aromatic N) is 5. The average molecular weight is 552 g/mol. The van der Waals surface area contributed by atoms with Gasteiger partial charge in [0.2, 0.25) is 12.0 Å². The van der Waals surface area contributed by atoms with Crippen LogP contribution in [0.25, 0.3) is 0 Å². The van der Waals surface area contributed by atoms with E-state index < -0.39 is 18.1 Å². The highest BCUT2D eigenvalue weighted by Gasteiger charge is 2.26. The number of benzodiazepines with no additional fused rings is 1. The maximum absolute atomic E-state index is 13.1. The lowest BCUT2D eigenvalue weighted by molar-refractivity contribution is -0.117. The van der Waals surface area contributed by atoms with Crippen LogP contribution in [0.2, 0.25) is 0 Å². The van der Waals surface area contributed by atoms with E-state index in [0.29, 0.717) is 43.4 Å². The molecule has 12 nitrogen and oxygen atoms in total. The first kappa shape index (κ1) is 27.2. The summed E-state index contributed by atoms with van der Waals surface area (Å²) >= 11 is 0. The van der Waals surface area contributed by atoms with Gasteiger partial charge in [0.05, 0.1) is 42.1 Å². The third-order valence-electron chi connectivity index (χ3n) is 6.27. The summed E-state index contributed by atoms with van der Waals surface area (Å²) in [6, 6.07) is 20.0. The molecule has 208 valence electrons. The monoisotopic (exact) mass is 551 g/mol. The number of anilines is 1. The molecular formula is C29H29N9O3. The Bertz CT molecular complexity index is 1530. The Kier molecular flexibility index (Phi) is 8.41. The van der Waals surface area contributed by atoms with Gasteiger partial charge in [-0.15, -0.1) is 0 Å². The van der Waals surface area contributed by atoms with E-state index in [1.54, 1.807) is 35.5 Å². The predicted octanol–water partition coefficient (Wildman–Crippen LogP) is 2.41. The van der Waals surface area contributed by atoms with Crippen molar-refractivity contribution in [2.45, 2.75) is 6.17 Å². The third-order valence-corrected chi connectivity index (χ3v) is 6.27. The van der Waals surface area contributed by atoms with Gasteiger partial charge < -0.3 is 31.2 Å². The number of aliphatic imine (C=N–C) groups is 3. The second kappa shape index (κ2) is 12.7. The first-order valence-corrected chi connectivity index (χ1v) is 12.9. The minimum Gasteiger partial charge on any atom is -0.409 e. The van der Waals surface area contributed by atoms with Crippen LogP contribution in [0.3, 0.4) is 0 Å². The molecule has 0 radical (unpaired) electrons. The molecule has 3 aromatic rings. The van der Waals surface area contributed by atoms with Crippen LogP contribution in [0.5, 0.6) is 0 Å². The molecule has 12 heteroatoms. The smallest absolute Gasteiger partial charge is 0.291 e. The van der Waals surface area contributed by atoms with Crippen LogP contribution >= 0.6 is 0 Å². The zero-order chi connectivity index (χ0) is 28.6. The van der Waals surface area contributed by atoms with Crippen LogP contribution in [-0.4, -0.2) is 72.0 Å². The number of aromatic nitrogens is 1. The largest absolute Gasteiger partial charge is 0.409 e. The zero-order valence-electron chi connectivity index (χ0n) is 22.1. The highest BCUT2D eigenvalue weighted by molar-refractivity contribution is 6.19. The van der Waals surface area contributed by atoms with Gasteiger partial charge in [0.15, 0.2) is 0 Å². The number of benzene rings is 2. The molecule has 1 atom stereocenters. The van der Waals surface area contributed by atoms with E-state index in [0.717, 1.165) is 11.1 Å². The summed E-state index contributed by atoms with van der Waals surface area (Å²) in [5, 5.41) is 11.6. The van der Waals surface area contributed by atoms with Gasteiger partial charge in [0.25, 0.3) is 11.9 Å². The van der Waals surface area contributed by atoms with E-state index in [-0.39, 0.29) is 17.3 Å². The van der Waals surface area contributed by atoms with E-state index in [2.05, 4.69) is 25.3 Å². The van der Waals surface area contributed by atoms with Gasteiger partial charge in [0, 0.05) is 36.6 Å². The average Bonchev–Trinajstić information content (AvgIpc) is 3.14. The van der Waals surface area contributed by atoms with Gasteiger partial charge in [-0.2, -0.15) is 4.99 Å². The summed E-state index contributed by atoms with van der Waals surface area (Å²) in [5.41, 5.74) is 15.9. The molecule has 41 heavy (non-hydrogen) atoms. The number of carbonyl (C=O) groups is 1. The molecule has 2 aliphatic rings. The molecule has 2 aromatic carbocycles. The number of morpholine rings is 1. The van der Waals surface area contributed by atoms with Crippen molar-refractivity contribution in [2.24, 2.45) is 26.4 Å². The van der Waals surface area contributed by atoms with E-state index in [1.807, 2.05) is 48.5 Å². The van der Waals surface area contributed by atoms with Crippen LogP contribution in [-0.2, 0) is 14.3 Å². The molecule has 1 unspecified atom stereocenters. The number of para-hydroxylation sites is 1. The van der Waals surface area contributed by atoms with E-state index >= 15 is 0 Å². The van der Waals surface area contributed by atoms with Crippen molar-refractivity contribution in [3.05, 3.63) is 102 Å². The first-order valence-electron chi connectivity index (χ1n) is 12.9. The standard InChI is InChI=1S/C29H29N9O3/c30-25(38-13-15-40-16-14-38)22(18-34-20-9-6-12-33-17-20)26(31)41-29(32)37-27-28(39)35-23-11-5-4-10-21(23)24(36-27)19-7-2-1-3-8-19/h1-12,17-18,27,30H,13-16,31H2,(H2,32,37)(H,35,39). The van der Waals surface area contributed by atoms with Gasteiger partial charge >= 0.3 is 0 Å². The minimum absolute atomic E-state index is 0.0817. The minimum atomic E-state index is -1.25. The van der Waals surface area contributed by atoms with Crippen molar-refractivity contribution in [3.63, 3.8) is 0 Å². The summed E-state index contributed by atoms with van der Waals surface area (Å²) in [4.78, 5) is 32.3. The number of hydrogen-bond acceptors (Lipinski definition) is 9. The summed E-state index contributed by atoms with van der Waals surface area (Å²) in [5.74, 6) is -0.616. The number of nitrogens with two attached hydrogens (primary N) is 2. The Morgan fingerprint density at radius 3 is 2.59 bits per heavy atom. The quantitative estimate of drug-likeness (QED) is 0.206. The number of fused-ring (bicyclic) bond motifs is 1. The van der Waals surface area contributed by atoms with Gasteiger partial charge in [-0.3, -0.25) is 20.2 Å². The van der Waals surface area contributed by atoms with Crippen LogP contribution < -0.4 is 16.8 Å². The topological polar surface area (TPSA) is 177 Å². The molecule has 3 heterocycles. The molecule has 0 aliphatic carbocycles. The van der Waals surface area contributed by atoms with Gasteiger partial charge in [0.1, 0.15) is 5.84 Å². The maximum Gasteiger partial charge on any atom is 0.291 e. The normalized spacial score (nSPS) is 18.1. The molecule has 0 saturated carbocycles. The Hall–Kier alpha value is -5.36. The van der Waals surface area contributed by atoms with Crippen LogP contribution in [0.4, 0.5) is 11.4 Å². The summed E-state index contributed by atoms with van der Waals surface area (Å²) in [6.07, 6.45) is 3.37. The number of nitrogens with one attached hydrogen (secondary N) is 2. The molecular weight excluding hydrogens is 522 g/mol. The van der Waals surface area contributed by atoms with E-state index in [1.165, 1.54) is 6.21 Å². The van der Waals surface area contributed by atoms with Crippen LogP contribution in [0.15, 0.2) is 106 Å². The van der Waals surface area contributed by atoms with Crippen LogP contribution in [0, 0.1) is 5.41 Å². The summed E-state index contributed by atoms with van der Waals surface area (Å²) < 4.78 is 11.1. The Labute approximate surface area is 236 Å². The fourth-order valence-electron chi connectivity index (χ4n) is 4.24. The van der Waals surface area contributed by atoms with Crippen molar-refractivity contribution in [3.8, 4) is 0 Å². The van der Waals surface area contributed by atoms with Gasteiger partial charge in [-0.25, -0.2) is 4.99 Å².